The second-order valence-corrected chi connectivity index (χ2v) is 34.4. The monoisotopic (exact) mass is 1970 g/mol. The number of nitrogens with two attached hydrogens (primary N) is 5. The molecule has 2 fully saturated rings. The van der Waals surface area contributed by atoms with Crippen molar-refractivity contribution >= 4 is 124 Å². The van der Waals surface area contributed by atoms with E-state index < -0.39 is 280 Å². The molecular formula is C92H132N24O25. The van der Waals surface area contributed by atoms with E-state index in [4.69, 9.17) is 34.1 Å². The Morgan fingerprint density at radius 2 is 0.745 bits per heavy atom. The molecule has 0 radical (unpaired) electrons. The van der Waals surface area contributed by atoms with E-state index in [1.165, 1.54) is 24.3 Å². The van der Waals surface area contributed by atoms with E-state index in [1.807, 2.05) is 0 Å². The Labute approximate surface area is 812 Å². The van der Waals surface area contributed by atoms with E-state index >= 15 is 9.59 Å². The van der Waals surface area contributed by atoms with Crippen LogP contribution in [0, 0.1) is 11.3 Å². The number of benzene rings is 4. The van der Waals surface area contributed by atoms with Crippen LogP contribution in [-0.4, -0.2) is 316 Å². The van der Waals surface area contributed by atoms with Gasteiger partial charge in [0.2, 0.25) is 112 Å². The molecule has 141 heavy (non-hydrogen) atoms. The number of carboxylic acid groups (broad SMARTS) is 1. The minimum Gasteiger partial charge on any atom is -0.508 e. The van der Waals surface area contributed by atoms with Crippen LogP contribution in [-0.2, 0) is 122 Å². The summed E-state index contributed by atoms with van der Waals surface area (Å²) < 4.78 is 0. The lowest BCUT2D eigenvalue weighted by Gasteiger charge is -2.31. The van der Waals surface area contributed by atoms with Crippen molar-refractivity contribution in [3.8, 4) is 5.75 Å². The summed E-state index contributed by atoms with van der Waals surface area (Å²) >= 11 is 0. The van der Waals surface area contributed by atoms with Crippen molar-refractivity contribution in [3.05, 3.63) is 138 Å². The summed E-state index contributed by atoms with van der Waals surface area (Å²) in [6.45, 7) is -0.0411. The number of unbranched alkanes of at least 4 members (excludes halogenated alkanes) is 1. The summed E-state index contributed by atoms with van der Waals surface area (Å²) in [4.78, 5) is 279. The van der Waals surface area contributed by atoms with Gasteiger partial charge in [0, 0.05) is 58.2 Å². The minimum atomic E-state index is -2.02. The second kappa shape index (κ2) is 59.4. The average Bonchev–Trinajstić information content (AvgIpc) is 1.70. The summed E-state index contributed by atoms with van der Waals surface area (Å²) in [6.07, 6.45) is -4.28. The third-order valence-corrected chi connectivity index (χ3v) is 22.8. The molecule has 4 aromatic rings. The zero-order valence-corrected chi connectivity index (χ0v) is 78.7. The Morgan fingerprint density at radius 3 is 1.16 bits per heavy atom. The highest BCUT2D eigenvalue weighted by molar-refractivity contribution is 6.02. The molecule has 6 rings (SSSR count). The first-order chi connectivity index (χ1) is 67.1. The predicted octanol–water partition coefficient (Wildman–Crippen LogP) is -8.81. The molecule has 49 nitrogen and oxygen atoms in total. The van der Waals surface area contributed by atoms with Gasteiger partial charge in [-0.05, 0) is 131 Å². The summed E-state index contributed by atoms with van der Waals surface area (Å²) in [5, 5.41) is 98.6. The van der Waals surface area contributed by atoms with Gasteiger partial charge in [0.25, 0.3) is 0 Å². The number of aliphatic hydroxyl groups excluding tert-OH is 3. The van der Waals surface area contributed by atoms with Gasteiger partial charge in [-0.2, -0.15) is 0 Å². The van der Waals surface area contributed by atoms with Gasteiger partial charge in [-0.15, -0.1) is 0 Å². The third kappa shape index (κ3) is 39.9. The van der Waals surface area contributed by atoms with Crippen molar-refractivity contribution in [2.75, 3.05) is 65.6 Å². The van der Waals surface area contributed by atoms with Gasteiger partial charge < -0.3 is 149 Å². The van der Waals surface area contributed by atoms with Crippen LogP contribution in [0.5, 0.6) is 5.75 Å². The Balaban J connectivity index is 1.19. The van der Waals surface area contributed by atoms with Crippen LogP contribution in [0.1, 0.15) is 133 Å². The fraction of sp³-hybridized carbons (Fsp3) is 0.511. The van der Waals surface area contributed by atoms with Crippen LogP contribution >= 0.6 is 0 Å². The first-order valence-corrected chi connectivity index (χ1v) is 46.2. The topological polar surface area (TPSA) is 795 Å². The number of aromatic hydroxyl groups is 1. The van der Waals surface area contributed by atoms with Crippen LogP contribution in [0.25, 0.3) is 0 Å². The Hall–Kier alpha value is -14.8. The lowest BCUT2D eigenvalue weighted by atomic mass is 10.0. The van der Waals surface area contributed by atoms with E-state index in [0.717, 1.165) is 16.7 Å². The molecular weight excluding hydrogens is 1840 g/mol. The lowest BCUT2D eigenvalue weighted by Crippen LogP contribution is -2.62. The summed E-state index contributed by atoms with van der Waals surface area (Å²) in [7, 11) is 0. The fourth-order valence-electron chi connectivity index (χ4n) is 15.4. The predicted molar refractivity (Wildman–Crippen MR) is 505 cm³/mol. The number of hydrogen-bond donors (Lipinski definition) is 27. The molecule has 0 aromatic heterocycles. The number of primary amides is 2. The molecule has 0 aliphatic carbocycles. The number of amides is 19. The Bertz CT molecular complexity index is 4950. The number of nitrogens with zero attached hydrogens (tertiary/aromatic N) is 2. The smallest absolute Gasteiger partial charge is 0.328 e. The highest BCUT2D eigenvalue weighted by Crippen LogP contribution is 2.25. The van der Waals surface area contributed by atoms with Crippen LogP contribution in [0.4, 0.5) is 0 Å². The third-order valence-electron chi connectivity index (χ3n) is 22.8. The van der Waals surface area contributed by atoms with Gasteiger partial charge >= 0.3 is 5.97 Å². The number of rotatable bonds is 60. The highest BCUT2D eigenvalue weighted by atomic mass is 16.4. The number of carbonyl (C=O) groups is 20. The molecule has 2 aliphatic heterocycles. The largest absolute Gasteiger partial charge is 0.508 e. The number of nitrogens with one attached hydrogen (secondary N) is 17. The number of aliphatic hydroxyl groups is 3. The average molecular weight is 1970 g/mol. The number of carbonyl (C=O) groups excluding carboxylic acids is 19. The molecule has 0 saturated carbocycles. The molecule has 4 aromatic carbocycles. The SMILES string of the molecule is CC(C)CC(NC(=O)CNC(=O)CNC(=O)CN)C(=O)NC(CCCCN)C(=O)NCC(=O)NC(Cc1ccc(O)cc1)C(=O)N1CCCC1C(=O)NC(Cc1ccccc1)C(=O)NC(CCC(N)=O)C(=O)NC(CCC(N)=O)C(=O)NC(CCCNC(=N)N)C(=O)NC(CO)C(=O)NC(CO)C(=O)NC(Cc1ccccc1)C(=O)N1CCCC1C(=O)NC(Cc1ccccc1)C(=O)NC(C(=O)O)C(C)O. The van der Waals surface area contributed by atoms with Crippen LogP contribution < -0.4 is 114 Å². The van der Waals surface area contributed by atoms with Gasteiger partial charge in [-0.25, -0.2) is 4.79 Å². The quantitative estimate of drug-likeness (QED) is 0.0111. The van der Waals surface area contributed by atoms with Gasteiger partial charge in [-0.1, -0.05) is 117 Å². The van der Waals surface area contributed by atoms with Crippen LogP contribution in [0.15, 0.2) is 115 Å². The van der Waals surface area contributed by atoms with Gasteiger partial charge in [0.1, 0.15) is 84.3 Å². The molecule has 0 bridgehead atoms. The Morgan fingerprint density at radius 1 is 0.390 bits per heavy atom. The maximum atomic E-state index is 15.1. The number of likely N-dealkylation sites (tertiary alicyclic amines) is 2. The van der Waals surface area contributed by atoms with Crippen LogP contribution in [0.3, 0.4) is 0 Å². The van der Waals surface area contributed by atoms with Crippen molar-refractivity contribution < 1.29 is 121 Å². The van der Waals surface area contributed by atoms with Gasteiger partial charge in [0.15, 0.2) is 12.0 Å². The normalized spacial score (nSPS) is 16.0. The maximum Gasteiger partial charge on any atom is 0.328 e. The van der Waals surface area contributed by atoms with E-state index in [-0.39, 0.29) is 115 Å². The van der Waals surface area contributed by atoms with Crippen molar-refractivity contribution in [2.45, 2.75) is 227 Å². The van der Waals surface area contributed by atoms with Gasteiger partial charge in [0.05, 0.1) is 45.5 Å². The summed E-state index contributed by atoms with van der Waals surface area (Å²) in [6, 6.07) is 7.57. The second-order valence-electron chi connectivity index (χ2n) is 34.4. The molecule has 19 amide bonds. The molecule has 15 atom stereocenters. The number of phenolic OH excluding ortho intramolecular Hbond substituents is 1. The number of guanidine groups is 1. The van der Waals surface area contributed by atoms with E-state index in [2.05, 4.69) is 85.1 Å². The fourth-order valence-corrected chi connectivity index (χ4v) is 15.4. The number of carboxylic acids is 1. The first-order valence-electron chi connectivity index (χ1n) is 46.2. The first kappa shape index (κ1) is 115. The Kier molecular flexibility index (Phi) is 48.4. The van der Waals surface area contributed by atoms with Crippen LogP contribution in [0.2, 0.25) is 0 Å². The van der Waals surface area contributed by atoms with Crippen molar-refractivity contribution in [2.24, 2.45) is 34.6 Å². The molecule has 49 heteroatoms. The maximum absolute atomic E-state index is 15.1. The molecule has 770 valence electrons. The summed E-state index contributed by atoms with van der Waals surface area (Å²) in [5.41, 5.74) is 29.6. The molecule has 2 saturated heterocycles. The van der Waals surface area contributed by atoms with Crippen molar-refractivity contribution in [3.63, 3.8) is 0 Å². The molecule has 2 heterocycles. The molecule has 0 spiro atoms. The standard InChI is InChI=1S/C92H132N24O25/c1-51(2)40-62(103-75(125)47-101-74(124)46-100-73(123)45-94)82(131)105-58(24-13-14-36-93)78(127)102-48-76(126)104-65(44-56-28-30-57(120)31-29-56)89(138)115-38-16-26-69(115)87(136)109-63(41-53-18-7-4-8-19-53)83(132)108-61(33-35-72(96)122)81(130)107-60(32-34-71(95)121)80(129)106-59(25-15-37-99-92(97)98)79(128)112-68(50-118)86(135)113-67(49-117)85(134)111-66(43-55-22-11-6-12-23-55)90(139)116-39-17-27-70(116)88(137)110-64(42-54-20-9-5-10-21-54)84(133)114-77(52(3)119)91(140)141/h4-12,18-23,28-31,51-52,58-70,77,117-120H,13-17,24-27,32-50,93-94H2,1-3H3,(H2,95,121)(H2,96,122)(H,100,123)(H,101,124)(H,102,127)(H,103,125)(H,104,126)(H,105,131)(H,106,129)(H,107,130)(H,108,132)(H,109,136)(H,110,137)(H,111,134)(H,112,128)(H,113,135)(H,114,133)(H,140,141)(H4,97,98,99). The summed E-state index contributed by atoms with van der Waals surface area (Å²) in [5.74, 6) is -20.8. The molecule has 2 aliphatic rings. The van der Waals surface area contributed by atoms with Crippen molar-refractivity contribution in [1.82, 2.24) is 94.9 Å². The lowest BCUT2D eigenvalue weighted by molar-refractivity contribution is -0.145. The van der Waals surface area contributed by atoms with Crippen molar-refractivity contribution in [1.29, 1.82) is 5.41 Å². The van der Waals surface area contributed by atoms with E-state index in [9.17, 15) is 112 Å². The van der Waals surface area contributed by atoms with Gasteiger partial charge in [-0.3, -0.25) is 96.5 Å². The molecule has 32 N–H and O–H groups in total. The zero-order valence-electron chi connectivity index (χ0n) is 78.7. The highest BCUT2D eigenvalue weighted by Gasteiger charge is 2.44. The number of aliphatic carboxylic acids is 1. The van der Waals surface area contributed by atoms with E-state index in [1.54, 1.807) is 105 Å². The van der Waals surface area contributed by atoms with E-state index in [0.29, 0.717) is 35.1 Å². The number of hydrogen-bond acceptors (Lipinski definition) is 27. The zero-order chi connectivity index (χ0) is 104. The number of phenols is 1. The minimum absolute atomic E-state index is 0.00221. The molecule has 15 unspecified atom stereocenters.